The van der Waals surface area contributed by atoms with Gasteiger partial charge in [-0.3, -0.25) is 14.4 Å². The molecule has 3 amide bonds. The molecule has 4 rings (SSSR count). The molecule has 9 heteroatoms. The molecule has 0 radical (unpaired) electrons. The van der Waals surface area contributed by atoms with Crippen molar-refractivity contribution in [2.75, 3.05) is 69.8 Å². The summed E-state index contributed by atoms with van der Waals surface area (Å²) in [4.78, 5) is 51.2. The molecular formula is C27H35N5O4. The second-order valence-corrected chi connectivity index (χ2v) is 9.53. The molecule has 0 N–H and O–H groups in total. The number of pyridine rings is 1. The van der Waals surface area contributed by atoms with Crippen LogP contribution in [0.4, 0.5) is 11.5 Å². The number of nitrogens with zero attached hydrogens (tertiary/aromatic N) is 5. The van der Waals surface area contributed by atoms with E-state index in [0.717, 1.165) is 23.4 Å². The molecule has 0 atom stereocenters. The Balaban J connectivity index is 1.56. The average molecular weight is 494 g/mol. The fourth-order valence-electron chi connectivity index (χ4n) is 4.85. The summed E-state index contributed by atoms with van der Waals surface area (Å²) in [7, 11) is 3.28. The van der Waals surface area contributed by atoms with Crippen molar-refractivity contribution in [2.24, 2.45) is 0 Å². The van der Waals surface area contributed by atoms with Gasteiger partial charge in [-0.25, -0.2) is 4.98 Å². The Morgan fingerprint density at radius 3 is 2.44 bits per heavy atom. The number of likely N-dealkylation sites (N-methyl/N-ethyl adjacent to an activating group) is 1. The fourth-order valence-corrected chi connectivity index (χ4v) is 4.85. The van der Waals surface area contributed by atoms with E-state index < -0.39 is 0 Å². The summed E-state index contributed by atoms with van der Waals surface area (Å²) < 4.78 is 5.12. The number of hydrogen-bond acceptors (Lipinski definition) is 6. The van der Waals surface area contributed by atoms with E-state index in [2.05, 4.69) is 22.9 Å². The number of aromatic nitrogens is 1. The third kappa shape index (κ3) is 5.36. The van der Waals surface area contributed by atoms with E-state index in [9.17, 15) is 14.4 Å². The van der Waals surface area contributed by atoms with Crippen LogP contribution in [0.15, 0.2) is 30.5 Å². The molecule has 192 valence electrons. The van der Waals surface area contributed by atoms with Gasteiger partial charge in [0.25, 0.3) is 11.8 Å². The van der Waals surface area contributed by atoms with Crippen LogP contribution in [0.2, 0.25) is 0 Å². The van der Waals surface area contributed by atoms with Crippen molar-refractivity contribution in [3.63, 3.8) is 0 Å². The minimum absolute atomic E-state index is 0.0383. The van der Waals surface area contributed by atoms with E-state index in [-0.39, 0.29) is 17.7 Å². The van der Waals surface area contributed by atoms with Crippen LogP contribution in [0.5, 0.6) is 0 Å². The van der Waals surface area contributed by atoms with Crippen LogP contribution >= 0.6 is 0 Å². The highest BCUT2D eigenvalue weighted by atomic mass is 16.5. The van der Waals surface area contributed by atoms with Gasteiger partial charge in [-0.1, -0.05) is 6.07 Å². The van der Waals surface area contributed by atoms with Crippen LogP contribution in [0.3, 0.4) is 0 Å². The van der Waals surface area contributed by atoms with E-state index in [4.69, 9.17) is 4.74 Å². The molecule has 9 nitrogen and oxygen atoms in total. The Bertz CT molecular complexity index is 1140. The quantitative estimate of drug-likeness (QED) is 0.589. The number of rotatable bonds is 7. The maximum atomic E-state index is 13.6. The topological polar surface area (TPSA) is 86.3 Å². The maximum Gasteiger partial charge on any atom is 0.254 e. The van der Waals surface area contributed by atoms with E-state index >= 15 is 0 Å². The molecule has 0 aliphatic carbocycles. The number of amides is 3. The molecule has 0 unspecified atom stereocenters. The Labute approximate surface area is 212 Å². The molecule has 2 saturated heterocycles. The van der Waals surface area contributed by atoms with E-state index in [1.165, 1.54) is 0 Å². The van der Waals surface area contributed by atoms with Crippen molar-refractivity contribution in [1.29, 1.82) is 0 Å². The minimum Gasteiger partial charge on any atom is -0.383 e. The lowest BCUT2D eigenvalue weighted by Crippen LogP contribution is -2.49. The number of benzene rings is 1. The zero-order valence-electron chi connectivity index (χ0n) is 21.6. The highest BCUT2D eigenvalue weighted by molar-refractivity contribution is 6.08. The molecule has 3 heterocycles. The lowest BCUT2D eigenvalue weighted by atomic mass is 10.0. The summed E-state index contributed by atoms with van der Waals surface area (Å²) in [5.74, 6) is 0.548. The third-order valence-corrected chi connectivity index (χ3v) is 6.88. The number of hydrogen-bond donors (Lipinski definition) is 0. The van der Waals surface area contributed by atoms with Gasteiger partial charge in [0.1, 0.15) is 5.82 Å². The van der Waals surface area contributed by atoms with Crippen molar-refractivity contribution < 1.29 is 19.1 Å². The second-order valence-electron chi connectivity index (χ2n) is 9.53. The van der Waals surface area contributed by atoms with Crippen molar-refractivity contribution in [1.82, 2.24) is 14.8 Å². The van der Waals surface area contributed by atoms with Crippen LogP contribution in [-0.2, 0) is 9.53 Å². The van der Waals surface area contributed by atoms with Crippen molar-refractivity contribution in [2.45, 2.75) is 26.7 Å². The van der Waals surface area contributed by atoms with Crippen LogP contribution in [0.1, 0.15) is 44.7 Å². The van der Waals surface area contributed by atoms with E-state index in [0.29, 0.717) is 69.1 Å². The Morgan fingerprint density at radius 2 is 1.81 bits per heavy atom. The highest BCUT2D eigenvalue weighted by Crippen LogP contribution is 2.27. The van der Waals surface area contributed by atoms with Gasteiger partial charge < -0.3 is 24.3 Å². The first-order chi connectivity index (χ1) is 17.3. The molecule has 2 fully saturated rings. The van der Waals surface area contributed by atoms with Crippen LogP contribution in [-0.4, -0.2) is 92.5 Å². The number of piperazine rings is 1. The lowest BCUT2D eigenvalue weighted by Gasteiger charge is -2.36. The van der Waals surface area contributed by atoms with Gasteiger partial charge >= 0.3 is 0 Å². The molecule has 0 bridgehead atoms. The molecule has 0 spiro atoms. The summed E-state index contributed by atoms with van der Waals surface area (Å²) in [5.41, 5.74) is 3.57. The number of anilines is 2. The average Bonchev–Trinajstić information content (AvgIpc) is 3.32. The first kappa shape index (κ1) is 25.6. The number of aryl methyl sites for hydroxylation is 2. The maximum absolute atomic E-state index is 13.6. The van der Waals surface area contributed by atoms with Crippen molar-refractivity contribution >= 4 is 29.2 Å². The van der Waals surface area contributed by atoms with Gasteiger partial charge in [0.05, 0.1) is 17.7 Å². The monoisotopic (exact) mass is 493 g/mol. The second kappa shape index (κ2) is 11.1. The smallest absolute Gasteiger partial charge is 0.254 e. The van der Waals surface area contributed by atoms with Crippen molar-refractivity contribution in [3.8, 4) is 0 Å². The summed E-state index contributed by atoms with van der Waals surface area (Å²) >= 11 is 0. The van der Waals surface area contributed by atoms with Gasteiger partial charge in [0.2, 0.25) is 5.91 Å². The molecule has 1 aromatic carbocycles. The van der Waals surface area contributed by atoms with Gasteiger partial charge in [-0.05, 0) is 49.6 Å². The van der Waals surface area contributed by atoms with Gasteiger partial charge in [0, 0.05) is 71.7 Å². The number of carbonyl (C=O) groups excluding carboxylic acids is 3. The first-order valence-electron chi connectivity index (χ1n) is 12.5. The predicted octanol–water partition coefficient (Wildman–Crippen LogP) is 2.51. The third-order valence-electron chi connectivity index (χ3n) is 6.88. The lowest BCUT2D eigenvalue weighted by molar-refractivity contribution is -0.117. The largest absolute Gasteiger partial charge is 0.383 e. The zero-order chi connectivity index (χ0) is 25.8. The standard InChI is InChI=1S/C27H35N5O4/c1-19-16-20(2)25(28-18-19)30-10-12-31(13-11-30)27(35)22-8-7-21(32-9-5-6-24(32)33)17-23(22)26(34)29(3)14-15-36-4/h7-8,16-18H,5-6,9-15H2,1-4H3. The highest BCUT2D eigenvalue weighted by Gasteiger charge is 2.29. The van der Waals surface area contributed by atoms with E-state index in [1.807, 2.05) is 13.1 Å². The zero-order valence-corrected chi connectivity index (χ0v) is 21.6. The first-order valence-corrected chi connectivity index (χ1v) is 12.5. The number of methoxy groups -OCH3 is 1. The summed E-state index contributed by atoms with van der Waals surface area (Å²) in [6.07, 6.45) is 3.15. The summed E-state index contributed by atoms with van der Waals surface area (Å²) in [6, 6.07) is 7.28. The Hall–Kier alpha value is -3.46. The van der Waals surface area contributed by atoms with E-state index in [1.54, 1.807) is 47.1 Å². The predicted molar refractivity (Wildman–Crippen MR) is 139 cm³/mol. The Morgan fingerprint density at radius 1 is 1.06 bits per heavy atom. The molecular weight excluding hydrogens is 458 g/mol. The number of carbonyl (C=O) groups is 3. The minimum atomic E-state index is -0.262. The summed E-state index contributed by atoms with van der Waals surface area (Å²) in [6.45, 7) is 7.89. The summed E-state index contributed by atoms with van der Waals surface area (Å²) in [5, 5.41) is 0. The van der Waals surface area contributed by atoms with Crippen LogP contribution in [0, 0.1) is 13.8 Å². The van der Waals surface area contributed by atoms with Crippen LogP contribution in [0.25, 0.3) is 0 Å². The van der Waals surface area contributed by atoms with Crippen LogP contribution < -0.4 is 9.80 Å². The molecule has 0 saturated carbocycles. The van der Waals surface area contributed by atoms with Gasteiger partial charge in [-0.2, -0.15) is 0 Å². The fraction of sp³-hybridized carbons (Fsp3) is 0.481. The molecule has 1 aromatic heterocycles. The van der Waals surface area contributed by atoms with Crippen molar-refractivity contribution in [3.05, 3.63) is 52.7 Å². The number of ether oxygens (including phenoxy) is 1. The Kier molecular flexibility index (Phi) is 7.88. The SMILES string of the molecule is COCCN(C)C(=O)c1cc(N2CCCC2=O)ccc1C(=O)N1CCN(c2ncc(C)cc2C)CC1. The molecule has 36 heavy (non-hydrogen) atoms. The molecule has 2 aliphatic heterocycles. The molecule has 2 aliphatic rings. The van der Waals surface area contributed by atoms with Gasteiger partial charge in [-0.15, -0.1) is 0 Å². The normalized spacial score (nSPS) is 16.0. The van der Waals surface area contributed by atoms with Gasteiger partial charge in [0.15, 0.2) is 0 Å². The molecule has 2 aromatic rings.